The summed E-state index contributed by atoms with van der Waals surface area (Å²) < 4.78 is 50.0. The first-order chi connectivity index (χ1) is 9.81. The third-order valence-corrected chi connectivity index (χ3v) is 6.70. The number of sulfone groups is 1. The van der Waals surface area contributed by atoms with Crippen LogP contribution in [0.2, 0.25) is 0 Å². The first-order valence-electron chi connectivity index (χ1n) is 6.78. The van der Waals surface area contributed by atoms with Crippen LogP contribution in [0.5, 0.6) is 0 Å². The van der Waals surface area contributed by atoms with Crippen molar-refractivity contribution in [3.8, 4) is 0 Å². The number of sulfonamides is 1. The lowest BCUT2D eigenvalue weighted by molar-refractivity contribution is 0.517. The number of nitrogens with two attached hydrogens (primary N) is 1. The van der Waals surface area contributed by atoms with Gasteiger partial charge in [0, 0.05) is 12.6 Å². The van der Waals surface area contributed by atoms with E-state index in [1.807, 2.05) is 0 Å². The fraction of sp³-hybridized carbons (Fsp3) is 0.538. The second-order valence-corrected chi connectivity index (χ2v) is 9.29. The number of hydrogen-bond donors (Lipinski definition) is 2. The van der Waals surface area contributed by atoms with E-state index >= 15 is 0 Å². The van der Waals surface area contributed by atoms with Gasteiger partial charge in [0.15, 0.2) is 9.84 Å². The third kappa shape index (κ3) is 4.77. The van der Waals surface area contributed by atoms with E-state index in [4.69, 9.17) is 5.73 Å². The van der Waals surface area contributed by atoms with Gasteiger partial charge in [0.05, 0.1) is 17.3 Å². The molecule has 0 aliphatic carbocycles. The van der Waals surface area contributed by atoms with Crippen LogP contribution < -0.4 is 10.5 Å². The Bertz CT molecular complexity index is 699. The van der Waals surface area contributed by atoms with Gasteiger partial charge in [0.1, 0.15) is 0 Å². The van der Waals surface area contributed by atoms with Gasteiger partial charge in [0.2, 0.25) is 10.0 Å². The Morgan fingerprint density at radius 2 is 1.90 bits per heavy atom. The van der Waals surface area contributed by atoms with Crippen molar-refractivity contribution in [1.82, 2.24) is 4.72 Å². The van der Waals surface area contributed by atoms with Crippen molar-refractivity contribution in [2.75, 3.05) is 11.5 Å². The van der Waals surface area contributed by atoms with Crippen LogP contribution in [0.4, 0.5) is 0 Å². The molecule has 1 aliphatic rings. The molecule has 0 spiro atoms. The van der Waals surface area contributed by atoms with E-state index in [0.717, 1.165) is 5.56 Å². The summed E-state index contributed by atoms with van der Waals surface area (Å²) in [6, 6.07) is 6.54. The van der Waals surface area contributed by atoms with E-state index in [1.165, 1.54) is 0 Å². The van der Waals surface area contributed by atoms with Crippen LogP contribution >= 0.6 is 0 Å². The minimum absolute atomic E-state index is 0.120. The smallest absolute Gasteiger partial charge is 0.216 e. The lowest BCUT2D eigenvalue weighted by Crippen LogP contribution is -2.43. The highest BCUT2D eigenvalue weighted by molar-refractivity contribution is 7.91. The lowest BCUT2D eigenvalue weighted by atomic mass is 10.1. The Kier molecular flexibility index (Phi) is 5.03. The fourth-order valence-electron chi connectivity index (χ4n) is 2.51. The van der Waals surface area contributed by atoms with Crippen LogP contribution in [0, 0.1) is 0 Å². The van der Waals surface area contributed by atoms with E-state index in [1.54, 1.807) is 24.3 Å². The SMILES string of the molecule is NCc1ccccc1CS(=O)(=O)NC1CCCS(=O)(=O)C1. The van der Waals surface area contributed by atoms with E-state index in [-0.39, 0.29) is 23.8 Å². The van der Waals surface area contributed by atoms with Gasteiger partial charge < -0.3 is 5.73 Å². The topological polar surface area (TPSA) is 106 Å². The van der Waals surface area contributed by atoms with E-state index < -0.39 is 25.9 Å². The summed E-state index contributed by atoms with van der Waals surface area (Å²) in [4.78, 5) is 0. The third-order valence-electron chi connectivity index (χ3n) is 3.49. The average molecular weight is 332 g/mol. The molecular formula is C13H20N2O4S2. The molecular weight excluding hydrogens is 312 g/mol. The Labute approximate surface area is 125 Å². The molecule has 1 aliphatic heterocycles. The molecule has 0 saturated carbocycles. The molecule has 3 N–H and O–H groups in total. The van der Waals surface area contributed by atoms with Crippen molar-refractivity contribution < 1.29 is 16.8 Å². The molecule has 1 saturated heterocycles. The Morgan fingerprint density at radius 1 is 1.24 bits per heavy atom. The van der Waals surface area contributed by atoms with Gasteiger partial charge in [-0.1, -0.05) is 24.3 Å². The molecule has 1 heterocycles. The second-order valence-electron chi connectivity index (χ2n) is 5.30. The summed E-state index contributed by atoms with van der Waals surface area (Å²) >= 11 is 0. The molecule has 0 amide bonds. The van der Waals surface area contributed by atoms with Crippen LogP contribution in [0.25, 0.3) is 0 Å². The van der Waals surface area contributed by atoms with E-state index in [0.29, 0.717) is 18.4 Å². The fourth-order valence-corrected chi connectivity index (χ4v) is 5.74. The Hall–Kier alpha value is -0.960. The van der Waals surface area contributed by atoms with Crippen LogP contribution in [-0.2, 0) is 32.2 Å². The minimum atomic E-state index is -3.59. The molecule has 2 rings (SSSR count). The second kappa shape index (κ2) is 6.43. The molecule has 6 nitrogen and oxygen atoms in total. The standard InChI is InChI=1S/C13H20N2O4S2/c14-8-11-4-1-2-5-12(11)9-21(18,19)15-13-6-3-7-20(16,17)10-13/h1-2,4-5,13,15H,3,6-10,14H2. The molecule has 118 valence electrons. The minimum Gasteiger partial charge on any atom is -0.326 e. The first-order valence-corrected chi connectivity index (χ1v) is 10.3. The summed E-state index contributed by atoms with van der Waals surface area (Å²) in [5.74, 6) is -0.164. The number of benzene rings is 1. The average Bonchev–Trinajstić information content (AvgIpc) is 2.37. The number of rotatable bonds is 5. The normalized spacial score (nSPS) is 22.0. The molecule has 1 unspecified atom stereocenters. The van der Waals surface area contributed by atoms with Crippen molar-refractivity contribution in [2.24, 2.45) is 5.73 Å². The lowest BCUT2D eigenvalue weighted by Gasteiger charge is -2.23. The highest BCUT2D eigenvalue weighted by Crippen LogP contribution is 2.16. The van der Waals surface area contributed by atoms with E-state index in [9.17, 15) is 16.8 Å². The Balaban J connectivity index is 2.08. The van der Waals surface area contributed by atoms with Gasteiger partial charge in [-0.2, -0.15) is 0 Å². The predicted molar refractivity (Wildman–Crippen MR) is 81.8 cm³/mol. The van der Waals surface area contributed by atoms with Crippen molar-refractivity contribution >= 4 is 19.9 Å². The van der Waals surface area contributed by atoms with Crippen LogP contribution in [0.3, 0.4) is 0 Å². The molecule has 1 atom stereocenters. The highest BCUT2D eigenvalue weighted by Gasteiger charge is 2.28. The van der Waals surface area contributed by atoms with Gasteiger partial charge in [0.25, 0.3) is 0 Å². The van der Waals surface area contributed by atoms with Gasteiger partial charge in [-0.05, 0) is 24.0 Å². The zero-order chi connectivity index (χ0) is 15.5. The quantitative estimate of drug-likeness (QED) is 0.798. The van der Waals surface area contributed by atoms with Crippen molar-refractivity contribution in [2.45, 2.75) is 31.2 Å². The zero-order valence-electron chi connectivity index (χ0n) is 11.7. The number of nitrogens with one attached hydrogen (secondary N) is 1. The van der Waals surface area contributed by atoms with Gasteiger partial charge in [-0.25, -0.2) is 21.6 Å². The van der Waals surface area contributed by atoms with Crippen molar-refractivity contribution in [1.29, 1.82) is 0 Å². The summed E-state index contributed by atoms with van der Waals surface area (Å²) in [7, 11) is -6.72. The largest absolute Gasteiger partial charge is 0.326 e. The number of hydrogen-bond acceptors (Lipinski definition) is 5. The predicted octanol–water partition coefficient (Wildman–Crippen LogP) is 0.142. The maximum atomic E-state index is 12.2. The molecule has 21 heavy (non-hydrogen) atoms. The van der Waals surface area contributed by atoms with Gasteiger partial charge in [-0.15, -0.1) is 0 Å². The summed E-state index contributed by atoms with van der Waals surface area (Å²) in [5.41, 5.74) is 7.02. The maximum Gasteiger partial charge on any atom is 0.216 e. The first kappa shape index (κ1) is 16.4. The Morgan fingerprint density at radius 3 is 2.52 bits per heavy atom. The van der Waals surface area contributed by atoms with Crippen LogP contribution in [-0.4, -0.2) is 34.4 Å². The molecule has 1 fully saturated rings. The molecule has 0 bridgehead atoms. The van der Waals surface area contributed by atoms with Crippen LogP contribution in [0.1, 0.15) is 24.0 Å². The van der Waals surface area contributed by atoms with Crippen molar-refractivity contribution in [3.05, 3.63) is 35.4 Å². The maximum absolute atomic E-state index is 12.2. The monoisotopic (exact) mass is 332 g/mol. The van der Waals surface area contributed by atoms with Crippen LogP contribution in [0.15, 0.2) is 24.3 Å². The van der Waals surface area contributed by atoms with Gasteiger partial charge >= 0.3 is 0 Å². The summed E-state index contributed by atoms with van der Waals surface area (Å²) in [5, 5.41) is 0. The van der Waals surface area contributed by atoms with Crippen molar-refractivity contribution in [3.63, 3.8) is 0 Å². The molecule has 1 aromatic carbocycles. The zero-order valence-corrected chi connectivity index (χ0v) is 13.3. The highest BCUT2D eigenvalue weighted by atomic mass is 32.2. The van der Waals surface area contributed by atoms with E-state index in [2.05, 4.69) is 4.72 Å². The molecule has 1 aromatic rings. The molecule has 0 radical (unpaired) electrons. The molecule has 0 aromatic heterocycles. The summed E-state index contributed by atoms with van der Waals surface area (Å²) in [6.45, 7) is 0.267. The summed E-state index contributed by atoms with van der Waals surface area (Å²) in [6.07, 6.45) is 1.05. The molecule has 8 heteroatoms. The van der Waals surface area contributed by atoms with Gasteiger partial charge in [-0.3, -0.25) is 0 Å².